The zero-order chi connectivity index (χ0) is 23.9. The van der Waals surface area contributed by atoms with Crippen LogP contribution in [0.25, 0.3) is 16.7 Å². The molecule has 6 heteroatoms. The van der Waals surface area contributed by atoms with Gasteiger partial charge >= 0.3 is 0 Å². The molecule has 2 aromatic heterocycles. The van der Waals surface area contributed by atoms with Gasteiger partial charge in [0.25, 0.3) is 5.91 Å². The SMILES string of the molecule is Cc1cc(C)c(C)c(OCC(=O)Nc2cc(C)nn2-c2cc(C)c3cc(C)cc(C)c3n2)c1. The van der Waals surface area contributed by atoms with Crippen molar-refractivity contribution >= 4 is 22.6 Å². The number of fused-ring (bicyclic) bond motifs is 1. The molecule has 0 saturated carbocycles. The monoisotopic (exact) mass is 442 g/mol. The van der Waals surface area contributed by atoms with Gasteiger partial charge in [0, 0.05) is 11.5 Å². The molecule has 0 aliphatic heterocycles. The summed E-state index contributed by atoms with van der Waals surface area (Å²) in [5.41, 5.74) is 8.44. The number of nitrogens with one attached hydrogen (secondary N) is 1. The Hall–Kier alpha value is -3.67. The molecule has 0 radical (unpaired) electrons. The minimum absolute atomic E-state index is 0.0868. The number of aromatic nitrogens is 3. The maximum Gasteiger partial charge on any atom is 0.263 e. The zero-order valence-electron chi connectivity index (χ0n) is 20.3. The Kier molecular flexibility index (Phi) is 5.93. The number of ether oxygens (including phenoxy) is 1. The molecule has 0 atom stereocenters. The molecule has 0 saturated heterocycles. The standard InChI is InChI=1S/C27H30N4O2/c1-15-9-19(5)27-22(10-15)18(4)12-24(29-27)31-25(13-20(6)30-31)28-26(32)14-33-23-11-16(2)8-17(3)21(23)7/h8-13H,14H2,1-7H3,(H,28,32). The van der Waals surface area contributed by atoms with Gasteiger partial charge in [0.2, 0.25) is 0 Å². The number of aryl methyl sites for hydroxylation is 6. The van der Waals surface area contributed by atoms with Gasteiger partial charge < -0.3 is 10.1 Å². The largest absolute Gasteiger partial charge is 0.483 e. The van der Waals surface area contributed by atoms with Crippen molar-refractivity contribution in [1.82, 2.24) is 14.8 Å². The fraction of sp³-hybridized carbons (Fsp3) is 0.296. The number of amides is 1. The van der Waals surface area contributed by atoms with E-state index in [1.807, 2.05) is 45.9 Å². The van der Waals surface area contributed by atoms with Crippen molar-refractivity contribution in [1.29, 1.82) is 0 Å². The van der Waals surface area contributed by atoms with Gasteiger partial charge in [0.1, 0.15) is 11.6 Å². The van der Waals surface area contributed by atoms with E-state index in [1.165, 1.54) is 5.56 Å². The number of carbonyl (C=O) groups is 1. The van der Waals surface area contributed by atoms with E-state index in [1.54, 1.807) is 4.68 Å². The van der Waals surface area contributed by atoms with E-state index >= 15 is 0 Å². The first-order valence-corrected chi connectivity index (χ1v) is 11.1. The van der Waals surface area contributed by atoms with Crippen LogP contribution in [0.5, 0.6) is 5.75 Å². The van der Waals surface area contributed by atoms with Crippen LogP contribution in [-0.2, 0) is 4.79 Å². The van der Waals surface area contributed by atoms with E-state index in [9.17, 15) is 4.79 Å². The van der Waals surface area contributed by atoms with Crippen LogP contribution in [-0.4, -0.2) is 27.3 Å². The van der Waals surface area contributed by atoms with Crippen LogP contribution in [0.3, 0.4) is 0 Å². The average Bonchev–Trinajstić information content (AvgIpc) is 3.10. The first-order valence-electron chi connectivity index (χ1n) is 11.1. The highest BCUT2D eigenvalue weighted by Gasteiger charge is 2.15. The van der Waals surface area contributed by atoms with Gasteiger partial charge in [-0.25, -0.2) is 4.98 Å². The molecule has 4 aromatic rings. The minimum Gasteiger partial charge on any atom is -0.483 e. The second kappa shape index (κ2) is 8.70. The molecular formula is C27H30N4O2. The lowest BCUT2D eigenvalue weighted by molar-refractivity contribution is -0.118. The molecule has 33 heavy (non-hydrogen) atoms. The molecule has 2 heterocycles. The van der Waals surface area contributed by atoms with Gasteiger partial charge in [-0.3, -0.25) is 4.79 Å². The summed E-state index contributed by atoms with van der Waals surface area (Å²) in [4.78, 5) is 17.6. The Bertz CT molecular complexity index is 1390. The lowest BCUT2D eigenvalue weighted by Crippen LogP contribution is -2.22. The Morgan fingerprint density at radius 2 is 1.58 bits per heavy atom. The van der Waals surface area contributed by atoms with Crippen LogP contribution < -0.4 is 10.1 Å². The molecule has 0 aliphatic rings. The van der Waals surface area contributed by atoms with Crippen molar-refractivity contribution in [2.45, 2.75) is 48.5 Å². The van der Waals surface area contributed by atoms with Crippen LogP contribution >= 0.6 is 0 Å². The molecule has 0 fully saturated rings. The third kappa shape index (κ3) is 4.60. The lowest BCUT2D eigenvalue weighted by atomic mass is 10.0. The van der Waals surface area contributed by atoms with Gasteiger partial charge in [-0.15, -0.1) is 0 Å². The van der Waals surface area contributed by atoms with Crippen LogP contribution in [0, 0.1) is 48.5 Å². The highest BCUT2D eigenvalue weighted by Crippen LogP contribution is 2.26. The van der Waals surface area contributed by atoms with Gasteiger partial charge in [-0.2, -0.15) is 9.78 Å². The Labute approximate surface area is 194 Å². The molecule has 2 aromatic carbocycles. The summed E-state index contributed by atoms with van der Waals surface area (Å²) < 4.78 is 7.51. The van der Waals surface area contributed by atoms with E-state index in [0.717, 1.165) is 50.2 Å². The van der Waals surface area contributed by atoms with Crippen molar-refractivity contribution in [3.63, 3.8) is 0 Å². The number of nitrogens with zero attached hydrogens (tertiary/aromatic N) is 3. The summed E-state index contributed by atoms with van der Waals surface area (Å²) in [6.45, 7) is 14.1. The molecule has 170 valence electrons. The number of carbonyl (C=O) groups excluding carboxylic acids is 1. The van der Waals surface area contributed by atoms with Crippen molar-refractivity contribution in [3.05, 3.63) is 75.5 Å². The molecule has 0 bridgehead atoms. The summed E-state index contributed by atoms with van der Waals surface area (Å²) in [6.07, 6.45) is 0. The normalized spacial score (nSPS) is 11.1. The lowest BCUT2D eigenvalue weighted by Gasteiger charge is -2.14. The molecule has 0 spiro atoms. The third-order valence-electron chi connectivity index (χ3n) is 5.88. The third-order valence-corrected chi connectivity index (χ3v) is 5.88. The number of benzene rings is 2. The van der Waals surface area contributed by atoms with Crippen molar-refractivity contribution in [2.24, 2.45) is 0 Å². The van der Waals surface area contributed by atoms with Crippen LogP contribution in [0.2, 0.25) is 0 Å². The predicted octanol–water partition coefficient (Wildman–Crippen LogP) is 5.60. The molecular weight excluding hydrogens is 412 g/mol. The summed E-state index contributed by atoms with van der Waals surface area (Å²) in [7, 11) is 0. The van der Waals surface area contributed by atoms with Crippen molar-refractivity contribution in [2.75, 3.05) is 11.9 Å². The molecule has 6 nitrogen and oxygen atoms in total. The van der Waals surface area contributed by atoms with Gasteiger partial charge in [0.15, 0.2) is 12.4 Å². The molecule has 0 aliphatic carbocycles. The molecule has 1 amide bonds. The van der Waals surface area contributed by atoms with Crippen molar-refractivity contribution < 1.29 is 9.53 Å². The van der Waals surface area contributed by atoms with Gasteiger partial charge in [-0.05, 0) is 94.5 Å². The van der Waals surface area contributed by atoms with Crippen molar-refractivity contribution in [3.8, 4) is 11.6 Å². The summed E-state index contributed by atoms with van der Waals surface area (Å²) in [5, 5.41) is 8.65. The summed E-state index contributed by atoms with van der Waals surface area (Å²) in [5.74, 6) is 1.71. The maximum atomic E-state index is 12.7. The summed E-state index contributed by atoms with van der Waals surface area (Å²) >= 11 is 0. The number of rotatable bonds is 5. The molecule has 4 rings (SSSR count). The highest BCUT2D eigenvalue weighted by atomic mass is 16.5. The predicted molar refractivity (Wildman–Crippen MR) is 133 cm³/mol. The van der Waals surface area contributed by atoms with Crippen LogP contribution in [0.4, 0.5) is 5.82 Å². The van der Waals surface area contributed by atoms with E-state index in [4.69, 9.17) is 9.72 Å². The Balaban J connectivity index is 1.60. The molecule has 0 unspecified atom stereocenters. The Morgan fingerprint density at radius 1 is 0.879 bits per heavy atom. The first kappa shape index (κ1) is 22.5. The highest BCUT2D eigenvalue weighted by molar-refractivity contribution is 5.91. The van der Waals surface area contributed by atoms with Crippen LogP contribution in [0.1, 0.15) is 39.1 Å². The topological polar surface area (TPSA) is 69.0 Å². The van der Waals surface area contributed by atoms with Gasteiger partial charge in [-0.1, -0.05) is 17.7 Å². The maximum absolute atomic E-state index is 12.7. The smallest absolute Gasteiger partial charge is 0.263 e. The fourth-order valence-corrected chi connectivity index (χ4v) is 4.17. The van der Waals surface area contributed by atoms with E-state index < -0.39 is 0 Å². The van der Waals surface area contributed by atoms with Crippen LogP contribution in [0.15, 0.2) is 36.4 Å². The zero-order valence-corrected chi connectivity index (χ0v) is 20.3. The average molecular weight is 443 g/mol. The minimum atomic E-state index is -0.251. The number of pyridine rings is 1. The second-order valence-corrected chi connectivity index (χ2v) is 8.90. The Morgan fingerprint density at radius 3 is 2.33 bits per heavy atom. The van der Waals surface area contributed by atoms with E-state index in [0.29, 0.717) is 11.6 Å². The number of hydrogen-bond donors (Lipinski definition) is 1. The second-order valence-electron chi connectivity index (χ2n) is 8.90. The first-order chi connectivity index (χ1) is 15.6. The fourth-order valence-electron chi connectivity index (χ4n) is 4.17. The van der Waals surface area contributed by atoms with E-state index in [2.05, 4.69) is 49.4 Å². The van der Waals surface area contributed by atoms with E-state index in [-0.39, 0.29) is 12.5 Å². The van der Waals surface area contributed by atoms with Gasteiger partial charge in [0.05, 0.1) is 11.2 Å². The number of hydrogen-bond acceptors (Lipinski definition) is 4. The number of anilines is 1. The summed E-state index contributed by atoms with van der Waals surface area (Å²) in [6, 6.07) is 12.2. The quantitative estimate of drug-likeness (QED) is 0.437. The molecule has 1 N–H and O–H groups in total.